The molecular formula is C9H11ClOS. The number of alkyl halides is 1. The van der Waals surface area contributed by atoms with Gasteiger partial charge in [-0.2, -0.15) is 11.3 Å². The first kappa shape index (κ1) is 9.75. The first-order valence-electron chi connectivity index (χ1n) is 3.91. The molecule has 1 rings (SSSR count). The van der Waals surface area contributed by atoms with Crippen LogP contribution in [0.15, 0.2) is 16.8 Å². The molecule has 0 fully saturated rings. The van der Waals surface area contributed by atoms with E-state index in [1.54, 1.807) is 11.3 Å². The molecule has 0 bridgehead atoms. The van der Waals surface area contributed by atoms with Gasteiger partial charge in [0.2, 0.25) is 0 Å². The molecule has 0 radical (unpaired) electrons. The highest BCUT2D eigenvalue weighted by Crippen LogP contribution is 2.08. The van der Waals surface area contributed by atoms with Gasteiger partial charge in [-0.25, -0.2) is 0 Å². The van der Waals surface area contributed by atoms with Crippen molar-refractivity contribution in [1.82, 2.24) is 0 Å². The molecule has 1 aromatic rings. The second-order valence-corrected chi connectivity index (χ2v) is 3.80. The van der Waals surface area contributed by atoms with Crippen LogP contribution in [0.4, 0.5) is 0 Å². The van der Waals surface area contributed by atoms with Crippen LogP contribution in [0.1, 0.15) is 18.4 Å². The standard InChI is InChI=1S/C9H11ClOS/c10-4-1-2-9(11)6-8-3-5-12-7-8/h3,5,7H,1-2,4,6H2. The van der Waals surface area contributed by atoms with Gasteiger partial charge in [-0.1, -0.05) is 0 Å². The molecule has 0 aliphatic carbocycles. The van der Waals surface area contributed by atoms with Gasteiger partial charge in [0.1, 0.15) is 5.78 Å². The average molecular weight is 203 g/mol. The van der Waals surface area contributed by atoms with Crippen LogP contribution in [0, 0.1) is 0 Å². The van der Waals surface area contributed by atoms with Crippen molar-refractivity contribution in [3.63, 3.8) is 0 Å². The first-order valence-corrected chi connectivity index (χ1v) is 5.39. The summed E-state index contributed by atoms with van der Waals surface area (Å²) in [4.78, 5) is 11.2. The minimum absolute atomic E-state index is 0.286. The largest absolute Gasteiger partial charge is 0.299 e. The molecule has 0 saturated heterocycles. The van der Waals surface area contributed by atoms with Gasteiger partial charge in [0, 0.05) is 18.7 Å². The predicted octanol–water partition coefficient (Wildman–Crippen LogP) is 2.88. The number of hydrogen-bond donors (Lipinski definition) is 0. The van der Waals surface area contributed by atoms with Crippen LogP contribution in [0.2, 0.25) is 0 Å². The zero-order chi connectivity index (χ0) is 8.81. The van der Waals surface area contributed by atoms with E-state index in [0.29, 0.717) is 18.7 Å². The van der Waals surface area contributed by atoms with Crippen LogP contribution >= 0.6 is 22.9 Å². The maximum atomic E-state index is 11.2. The third-order valence-corrected chi connectivity index (χ3v) is 2.57. The van der Waals surface area contributed by atoms with E-state index >= 15 is 0 Å². The zero-order valence-corrected chi connectivity index (χ0v) is 8.33. The second kappa shape index (κ2) is 5.33. The van der Waals surface area contributed by atoms with Gasteiger partial charge in [-0.15, -0.1) is 11.6 Å². The minimum atomic E-state index is 0.286. The fraction of sp³-hybridized carbons (Fsp3) is 0.444. The van der Waals surface area contributed by atoms with Crippen molar-refractivity contribution in [2.45, 2.75) is 19.3 Å². The molecular weight excluding hydrogens is 192 g/mol. The Bertz CT molecular complexity index is 231. The number of carbonyl (C=O) groups excluding carboxylic acids is 1. The summed E-state index contributed by atoms with van der Waals surface area (Å²) in [5.41, 5.74) is 1.12. The normalized spacial score (nSPS) is 10.1. The summed E-state index contributed by atoms with van der Waals surface area (Å²) in [5.74, 6) is 0.865. The van der Waals surface area contributed by atoms with Crippen LogP contribution in [-0.4, -0.2) is 11.7 Å². The van der Waals surface area contributed by atoms with E-state index in [1.165, 1.54) is 0 Å². The number of ketones is 1. The Morgan fingerprint density at radius 1 is 1.58 bits per heavy atom. The SMILES string of the molecule is O=C(CCCCl)Cc1ccsc1. The Morgan fingerprint density at radius 3 is 3.00 bits per heavy atom. The van der Waals surface area contributed by atoms with Gasteiger partial charge in [-0.05, 0) is 28.8 Å². The van der Waals surface area contributed by atoms with Crippen LogP contribution in [0.5, 0.6) is 0 Å². The lowest BCUT2D eigenvalue weighted by atomic mass is 10.1. The van der Waals surface area contributed by atoms with E-state index in [2.05, 4.69) is 0 Å². The van der Waals surface area contributed by atoms with Crippen molar-refractivity contribution in [2.24, 2.45) is 0 Å². The molecule has 1 nitrogen and oxygen atoms in total. The number of thiophene rings is 1. The minimum Gasteiger partial charge on any atom is -0.299 e. The average Bonchev–Trinajstić information content (AvgIpc) is 2.53. The van der Waals surface area contributed by atoms with Gasteiger partial charge in [0.05, 0.1) is 0 Å². The van der Waals surface area contributed by atoms with Crippen molar-refractivity contribution in [3.05, 3.63) is 22.4 Å². The second-order valence-electron chi connectivity index (χ2n) is 2.64. The van der Waals surface area contributed by atoms with Gasteiger partial charge >= 0.3 is 0 Å². The van der Waals surface area contributed by atoms with Crippen molar-refractivity contribution in [1.29, 1.82) is 0 Å². The molecule has 0 atom stereocenters. The van der Waals surface area contributed by atoms with Crippen molar-refractivity contribution >= 4 is 28.7 Å². The lowest BCUT2D eigenvalue weighted by molar-refractivity contribution is -0.118. The van der Waals surface area contributed by atoms with E-state index < -0.39 is 0 Å². The maximum Gasteiger partial charge on any atom is 0.137 e. The maximum absolute atomic E-state index is 11.2. The fourth-order valence-electron chi connectivity index (χ4n) is 0.973. The molecule has 0 N–H and O–H groups in total. The molecule has 0 amide bonds. The number of rotatable bonds is 5. The molecule has 0 unspecified atom stereocenters. The lowest BCUT2D eigenvalue weighted by Crippen LogP contribution is -2.01. The lowest BCUT2D eigenvalue weighted by Gasteiger charge is -1.95. The first-order chi connectivity index (χ1) is 5.83. The monoisotopic (exact) mass is 202 g/mol. The predicted molar refractivity (Wildman–Crippen MR) is 53.0 cm³/mol. The molecule has 3 heteroatoms. The van der Waals surface area contributed by atoms with Crippen molar-refractivity contribution in [3.8, 4) is 0 Å². The Kier molecular flexibility index (Phi) is 4.33. The molecule has 0 saturated carbocycles. The third-order valence-electron chi connectivity index (χ3n) is 1.57. The topological polar surface area (TPSA) is 17.1 Å². The smallest absolute Gasteiger partial charge is 0.137 e. The van der Waals surface area contributed by atoms with Crippen LogP contribution in [-0.2, 0) is 11.2 Å². The highest BCUT2D eigenvalue weighted by molar-refractivity contribution is 7.07. The molecule has 0 aliphatic heterocycles. The van der Waals surface area contributed by atoms with Gasteiger partial charge in [0.15, 0.2) is 0 Å². The molecule has 1 aromatic heterocycles. The Hall–Kier alpha value is -0.340. The zero-order valence-electron chi connectivity index (χ0n) is 6.75. The number of hydrogen-bond acceptors (Lipinski definition) is 2. The fourth-order valence-corrected chi connectivity index (χ4v) is 1.78. The summed E-state index contributed by atoms with van der Waals surface area (Å²) in [6.45, 7) is 0. The van der Waals surface area contributed by atoms with E-state index in [4.69, 9.17) is 11.6 Å². The Balaban J connectivity index is 2.27. The number of halogens is 1. The Labute approximate surface area is 81.4 Å². The third kappa shape index (κ3) is 3.37. The van der Waals surface area contributed by atoms with E-state index in [0.717, 1.165) is 12.0 Å². The molecule has 0 aromatic carbocycles. The number of carbonyl (C=O) groups is 1. The van der Waals surface area contributed by atoms with Crippen molar-refractivity contribution in [2.75, 3.05) is 5.88 Å². The summed E-state index contributed by atoms with van der Waals surface area (Å²) in [5, 5.41) is 4.00. The number of Topliss-reactive ketones (excluding diaryl/α,β-unsaturated/α-hetero) is 1. The summed E-state index contributed by atoms with van der Waals surface area (Å²) >= 11 is 7.10. The van der Waals surface area contributed by atoms with Crippen LogP contribution in [0.3, 0.4) is 0 Å². The van der Waals surface area contributed by atoms with E-state index in [1.807, 2.05) is 16.8 Å². The molecule has 1 heterocycles. The summed E-state index contributed by atoms with van der Waals surface area (Å²) in [6, 6.07) is 1.99. The Morgan fingerprint density at radius 2 is 2.42 bits per heavy atom. The van der Waals surface area contributed by atoms with Gasteiger partial charge < -0.3 is 0 Å². The highest BCUT2D eigenvalue weighted by atomic mass is 35.5. The van der Waals surface area contributed by atoms with E-state index in [-0.39, 0.29) is 5.78 Å². The highest BCUT2D eigenvalue weighted by Gasteiger charge is 2.02. The van der Waals surface area contributed by atoms with Crippen LogP contribution < -0.4 is 0 Å². The molecule has 0 aliphatic rings. The van der Waals surface area contributed by atoms with Gasteiger partial charge in [0.25, 0.3) is 0 Å². The molecule has 66 valence electrons. The quantitative estimate of drug-likeness (QED) is 0.672. The van der Waals surface area contributed by atoms with Crippen LogP contribution in [0.25, 0.3) is 0 Å². The summed E-state index contributed by atoms with van der Waals surface area (Å²) in [7, 11) is 0. The summed E-state index contributed by atoms with van der Waals surface area (Å²) in [6.07, 6.45) is 1.98. The van der Waals surface area contributed by atoms with Crippen molar-refractivity contribution < 1.29 is 4.79 Å². The van der Waals surface area contributed by atoms with E-state index in [9.17, 15) is 4.79 Å². The summed E-state index contributed by atoms with van der Waals surface area (Å²) < 4.78 is 0. The molecule has 0 spiro atoms. The molecule has 12 heavy (non-hydrogen) atoms. The van der Waals surface area contributed by atoms with Gasteiger partial charge in [-0.3, -0.25) is 4.79 Å².